The lowest BCUT2D eigenvalue weighted by Crippen LogP contribution is -2.31. The smallest absolute Gasteiger partial charge is 0.260 e. The summed E-state index contributed by atoms with van der Waals surface area (Å²) in [5.41, 5.74) is 1.27. The summed E-state index contributed by atoms with van der Waals surface area (Å²) >= 11 is 1.26. The molecule has 1 aliphatic heterocycles. The quantitative estimate of drug-likeness (QED) is 0.484. The zero-order valence-corrected chi connectivity index (χ0v) is 17.9. The Morgan fingerprint density at radius 2 is 1.91 bits per heavy atom. The molecular formula is C24H20F2N2O3S. The van der Waals surface area contributed by atoms with Crippen LogP contribution in [0, 0.1) is 11.6 Å². The van der Waals surface area contributed by atoms with Gasteiger partial charge in [0.1, 0.15) is 18.2 Å². The molecule has 0 aromatic heterocycles. The third-order valence-corrected chi connectivity index (χ3v) is 5.69. The van der Waals surface area contributed by atoms with Gasteiger partial charge in [-0.3, -0.25) is 4.79 Å². The summed E-state index contributed by atoms with van der Waals surface area (Å²) in [6.45, 7) is 0.191. The summed E-state index contributed by atoms with van der Waals surface area (Å²) in [7, 11) is 1.52. The van der Waals surface area contributed by atoms with Crippen molar-refractivity contribution in [3.8, 4) is 11.5 Å². The lowest BCUT2D eigenvalue weighted by molar-refractivity contribution is -0.116. The lowest BCUT2D eigenvalue weighted by atomic mass is 10.2. The first-order valence-electron chi connectivity index (χ1n) is 9.77. The predicted molar refractivity (Wildman–Crippen MR) is 121 cm³/mol. The van der Waals surface area contributed by atoms with Gasteiger partial charge in [-0.2, -0.15) is 0 Å². The first-order chi connectivity index (χ1) is 15.5. The molecule has 3 aromatic rings. The van der Waals surface area contributed by atoms with Gasteiger partial charge in [0.05, 0.1) is 17.7 Å². The van der Waals surface area contributed by atoms with Crippen LogP contribution in [0.25, 0.3) is 6.08 Å². The molecule has 164 valence electrons. The molecule has 1 saturated heterocycles. The minimum Gasteiger partial charge on any atom is -0.493 e. The van der Waals surface area contributed by atoms with Crippen molar-refractivity contribution in [3.63, 3.8) is 0 Å². The third kappa shape index (κ3) is 5.20. The highest BCUT2D eigenvalue weighted by atomic mass is 32.2. The van der Waals surface area contributed by atoms with E-state index in [4.69, 9.17) is 9.47 Å². The van der Waals surface area contributed by atoms with Crippen molar-refractivity contribution in [2.24, 2.45) is 0 Å². The minimum atomic E-state index is -0.485. The predicted octanol–water partition coefficient (Wildman–Crippen LogP) is 5.15. The second kappa shape index (κ2) is 9.74. The Morgan fingerprint density at radius 3 is 2.69 bits per heavy atom. The molecule has 1 unspecified atom stereocenters. The molecule has 1 aliphatic rings. The van der Waals surface area contributed by atoms with Crippen molar-refractivity contribution in [2.45, 2.75) is 12.1 Å². The van der Waals surface area contributed by atoms with Crippen LogP contribution < -0.4 is 20.1 Å². The zero-order valence-electron chi connectivity index (χ0n) is 17.1. The second-order valence-corrected chi connectivity index (χ2v) is 8.08. The SMILES string of the molecule is COc1cc(/C=C2\SC(Nc3ccccc3F)NC2=O)ccc1OCc1cccc(F)c1. The molecule has 1 atom stereocenters. The van der Waals surface area contributed by atoms with Crippen LogP contribution in [-0.2, 0) is 11.4 Å². The van der Waals surface area contributed by atoms with Crippen LogP contribution in [0.5, 0.6) is 11.5 Å². The van der Waals surface area contributed by atoms with Gasteiger partial charge in [0, 0.05) is 0 Å². The summed E-state index contributed by atoms with van der Waals surface area (Å²) in [5, 5.41) is 5.74. The highest BCUT2D eigenvalue weighted by Crippen LogP contribution is 2.34. The molecule has 0 spiro atoms. The van der Waals surface area contributed by atoms with Crippen molar-refractivity contribution in [1.82, 2.24) is 5.32 Å². The average molecular weight is 454 g/mol. The number of nitrogens with one attached hydrogen (secondary N) is 2. The standard InChI is InChI=1S/C24H20F2N2O3S/c1-30-21-12-15(9-10-20(21)31-14-16-5-4-6-17(25)11-16)13-22-23(29)28-24(32-22)27-19-8-3-2-7-18(19)26/h2-13,24,27H,14H2,1H3,(H,28,29)/b22-13-. The Hall–Kier alpha value is -3.52. The average Bonchev–Trinajstić information content (AvgIpc) is 3.13. The van der Waals surface area contributed by atoms with Gasteiger partial charge in [-0.1, -0.05) is 42.1 Å². The molecule has 0 aliphatic carbocycles. The number of benzene rings is 3. The van der Waals surface area contributed by atoms with Crippen molar-refractivity contribution in [3.05, 3.63) is 94.4 Å². The minimum absolute atomic E-state index is 0.191. The molecule has 4 rings (SSSR count). The zero-order chi connectivity index (χ0) is 22.5. The third-order valence-electron chi connectivity index (χ3n) is 4.66. The Bertz CT molecular complexity index is 1170. The first kappa shape index (κ1) is 21.7. The van der Waals surface area contributed by atoms with Gasteiger partial charge in [-0.05, 0) is 53.6 Å². The Labute approximate surface area is 188 Å². The molecular weight excluding hydrogens is 434 g/mol. The number of methoxy groups -OCH3 is 1. The highest BCUT2D eigenvalue weighted by molar-refractivity contribution is 8.05. The van der Waals surface area contributed by atoms with E-state index in [1.165, 1.54) is 37.1 Å². The monoisotopic (exact) mass is 454 g/mol. The summed E-state index contributed by atoms with van der Waals surface area (Å²) in [6, 6.07) is 17.7. The van der Waals surface area contributed by atoms with Gasteiger partial charge in [0.25, 0.3) is 5.91 Å². The number of halogens is 2. The molecule has 1 fully saturated rings. The highest BCUT2D eigenvalue weighted by Gasteiger charge is 2.27. The van der Waals surface area contributed by atoms with Crippen molar-refractivity contribution in [1.29, 1.82) is 0 Å². The number of carbonyl (C=O) groups excluding carboxylic acids is 1. The van der Waals surface area contributed by atoms with E-state index in [2.05, 4.69) is 10.6 Å². The Morgan fingerprint density at radius 1 is 1.06 bits per heavy atom. The summed E-state index contributed by atoms with van der Waals surface area (Å²) < 4.78 is 38.4. The fourth-order valence-corrected chi connectivity index (χ4v) is 4.09. The maximum Gasteiger partial charge on any atom is 0.260 e. The van der Waals surface area contributed by atoms with Gasteiger partial charge >= 0.3 is 0 Å². The van der Waals surface area contributed by atoms with E-state index in [0.717, 1.165) is 5.56 Å². The maximum absolute atomic E-state index is 13.9. The number of hydrogen-bond acceptors (Lipinski definition) is 5. The normalized spacial score (nSPS) is 16.7. The van der Waals surface area contributed by atoms with Crippen LogP contribution in [-0.4, -0.2) is 18.5 Å². The molecule has 3 aromatic carbocycles. The number of ether oxygens (including phenoxy) is 2. The van der Waals surface area contributed by atoms with E-state index in [-0.39, 0.29) is 18.3 Å². The molecule has 32 heavy (non-hydrogen) atoms. The van der Waals surface area contributed by atoms with Crippen LogP contribution in [0.15, 0.2) is 71.6 Å². The second-order valence-electron chi connectivity index (χ2n) is 6.93. The van der Waals surface area contributed by atoms with E-state index >= 15 is 0 Å². The molecule has 5 nitrogen and oxygen atoms in total. The topological polar surface area (TPSA) is 59.6 Å². The van der Waals surface area contributed by atoms with Crippen LogP contribution in [0.2, 0.25) is 0 Å². The molecule has 0 saturated carbocycles. The number of thioether (sulfide) groups is 1. The van der Waals surface area contributed by atoms with Crippen LogP contribution in [0.3, 0.4) is 0 Å². The number of para-hydroxylation sites is 1. The molecule has 0 bridgehead atoms. The van der Waals surface area contributed by atoms with Crippen LogP contribution in [0.4, 0.5) is 14.5 Å². The molecule has 2 N–H and O–H groups in total. The van der Waals surface area contributed by atoms with Crippen LogP contribution >= 0.6 is 11.8 Å². The van der Waals surface area contributed by atoms with E-state index in [1.54, 1.807) is 54.6 Å². The van der Waals surface area contributed by atoms with Crippen molar-refractivity contribution in [2.75, 3.05) is 12.4 Å². The van der Waals surface area contributed by atoms with Crippen molar-refractivity contribution >= 4 is 29.4 Å². The van der Waals surface area contributed by atoms with Gasteiger partial charge in [-0.25, -0.2) is 8.78 Å². The fraction of sp³-hybridized carbons (Fsp3) is 0.125. The van der Waals surface area contributed by atoms with E-state index in [9.17, 15) is 13.6 Å². The fourth-order valence-electron chi connectivity index (χ4n) is 3.12. The lowest BCUT2D eigenvalue weighted by Gasteiger charge is -2.13. The first-order valence-corrected chi connectivity index (χ1v) is 10.7. The van der Waals surface area contributed by atoms with Gasteiger partial charge in [-0.15, -0.1) is 0 Å². The van der Waals surface area contributed by atoms with Crippen LogP contribution in [0.1, 0.15) is 11.1 Å². The molecule has 1 amide bonds. The number of hydrogen-bond donors (Lipinski definition) is 2. The Balaban J connectivity index is 1.45. The number of anilines is 1. The molecule has 8 heteroatoms. The molecule has 0 radical (unpaired) electrons. The molecule has 1 heterocycles. The number of amides is 1. The number of carbonyl (C=O) groups is 1. The summed E-state index contributed by atoms with van der Waals surface area (Å²) in [4.78, 5) is 12.8. The largest absolute Gasteiger partial charge is 0.493 e. The summed E-state index contributed by atoms with van der Waals surface area (Å²) in [6.07, 6.45) is 1.72. The Kier molecular flexibility index (Phi) is 6.61. The summed E-state index contributed by atoms with van der Waals surface area (Å²) in [5.74, 6) is 0.0180. The van der Waals surface area contributed by atoms with Crippen molar-refractivity contribution < 1.29 is 23.0 Å². The van der Waals surface area contributed by atoms with Gasteiger partial charge in [0.15, 0.2) is 17.0 Å². The van der Waals surface area contributed by atoms with E-state index in [0.29, 0.717) is 27.7 Å². The van der Waals surface area contributed by atoms with E-state index in [1.807, 2.05) is 0 Å². The van der Waals surface area contributed by atoms with Gasteiger partial charge in [0.2, 0.25) is 0 Å². The van der Waals surface area contributed by atoms with E-state index < -0.39 is 11.3 Å². The number of rotatable bonds is 7. The van der Waals surface area contributed by atoms with Gasteiger partial charge < -0.3 is 20.1 Å². The maximum atomic E-state index is 13.9.